The Labute approximate surface area is 136 Å². The zero-order valence-electron chi connectivity index (χ0n) is 14.0. The highest BCUT2D eigenvalue weighted by Crippen LogP contribution is 2.73. The predicted molar refractivity (Wildman–Crippen MR) is 88.3 cm³/mol. The molecule has 0 aromatic carbocycles. The third-order valence-electron chi connectivity index (χ3n) is 5.70. The van der Waals surface area contributed by atoms with Crippen LogP contribution in [0.5, 0.6) is 0 Å². The summed E-state index contributed by atoms with van der Waals surface area (Å²) in [5, 5.41) is 12.6. The number of amides is 1. The van der Waals surface area contributed by atoms with Crippen molar-refractivity contribution >= 4 is 5.91 Å². The maximum absolute atomic E-state index is 12.4. The number of pyridine rings is 1. The summed E-state index contributed by atoms with van der Waals surface area (Å²) in [6.07, 6.45) is 6.22. The van der Waals surface area contributed by atoms with Gasteiger partial charge in [0.1, 0.15) is 5.56 Å². The molecule has 126 valence electrons. The maximum atomic E-state index is 12.4. The first kappa shape index (κ1) is 16.2. The van der Waals surface area contributed by atoms with E-state index in [0.29, 0.717) is 19.0 Å². The van der Waals surface area contributed by atoms with Crippen molar-refractivity contribution in [3.05, 3.63) is 34.2 Å². The van der Waals surface area contributed by atoms with Gasteiger partial charge in [-0.3, -0.25) is 9.59 Å². The van der Waals surface area contributed by atoms with Gasteiger partial charge in [0.25, 0.3) is 11.5 Å². The summed E-state index contributed by atoms with van der Waals surface area (Å²) in [7, 11) is 0. The van der Waals surface area contributed by atoms with Crippen molar-refractivity contribution in [2.45, 2.75) is 46.1 Å². The van der Waals surface area contributed by atoms with Gasteiger partial charge in [-0.1, -0.05) is 20.3 Å². The lowest BCUT2D eigenvalue weighted by Crippen LogP contribution is -2.39. The van der Waals surface area contributed by atoms with E-state index in [-0.39, 0.29) is 34.5 Å². The van der Waals surface area contributed by atoms with Crippen molar-refractivity contribution in [3.63, 3.8) is 0 Å². The lowest BCUT2D eigenvalue weighted by molar-refractivity contribution is 0.0886. The number of aromatic nitrogens is 1. The molecule has 1 unspecified atom stereocenters. The first-order valence-corrected chi connectivity index (χ1v) is 8.52. The first-order valence-electron chi connectivity index (χ1n) is 8.52. The fraction of sp³-hybridized carbons (Fsp3) is 0.667. The average Bonchev–Trinajstić information content (AvgIpc) is 3.17. The van der Waals surface area contributed by atoms with E-state index in [4.69, 9.17) is 0 Å². The Balaban J connectivity index is 1.68. The molecule has 5 nitrogen and oxygen atoms in total. The minimum atomic E-state index is -0.331. The number of rotatable bonds is 6. The summed E-state index contributed by atoms with van der Waals surface area (Å²) in [5.41, 5.74) is 0.0337. The second-order valence-electron chi connectivity index (χ2n) is 7.71. The van der Waals surface area contributed by atoms with Crippen LogP contribution < -0.4 is 10.9 Å². The fourth-order valence-electron chi connectivity index (χ4n) is 4.04. The molecule has 3 rings (SSSR count). The second kappa shape index (κ2) is 5.78. The standard InChI is InChI=1S/C18H26N2O3/c1-13(2)9-20-8-3-5-14(16(20)23)15(22)19-11-18(12-21)10-17(18)6-4-7-17/h3,5,8,13,21H,4,6-7,9-12H2,1-2H3,(H,19,22). The normalized spacial score (nSPS) is 24.5. The topological polar surface area (TPSA) is 71.3 Å². The zero-order chi connectivity index (χ0) is 16.7. The van der Waals surface area contributed by atoms with Gasteiger partial charge in [0.05, 0.1) is 6.61 Å². The Morgan fingerprint density at radius 3 is 2.70 bits per heavy atom. The summed E-state index contributed by atoms with van der Waals surface area (Å²) < 4.78 is 1.59. The van der Waals surface area contributed by atoms with Crippen LogP contribution in [0.3, 0.4) is 0 Å². The molecule has 5 heteroatoms. The molecular formula is C18H26N2O3. The van der Waals surface area contributed by atoms with Gasteiger partial charge in [-0.05, 0) is 42.7 Å². The van der Waals surface area contributed by atoms with E-state index in [0.717, 1.165) is 19.3 Å². The van der Waals surface area contributed by atoms with Gasteiger partial charge in [0.2, 0.25) is 0 Å². The number of carbonyl (C=O) groups is 1. The number of nitrogens with zero attached hydrogens (tertiary/aromatic N) is 1. The van der Waals surface area contributed by atoms with Gasteiger partial charge >= 0.3 is 0 Å². The minimum absolute atomic E-state index is 0.111. The summed E-state index contributed by atoms with van der Waals surface area (Å²) in [6.45, 7) is 5.24. The number of aliphatic hydroxyl groups is 1. The minimum Gasteiger partial charge on any atom is -0.396 e. The number of hydrogen-bond donors (Lipinski definition) is 2. The molecule has 1 atom stereocenters. The highest BCUT2D eigenvalue weighted by Gasteiger charge is 2.68. The third kappa shape index (κ3) is 2.71. The van der Waals surface area contributed by atoms with E-state index in [1.54, 1.807) is 22.9 Å². The molecule has 2 fully saturated rings. The molecule has 1 spiro atoms. The molecule has 1 aromatic heterocycles. The molecule has 1 amide bonds. The Morgan fingerprint density at radius 2 is 2.17 bits per heavy atom. The van der Waals surface area contributed by atoms with Crippen LogP contribution in [-0.4, -0.2) is 28.7 Å². The molecule has 0 radical (unpaired) electrons. The van der Waals surface area contributed by atoms with Crippen LogP contribution >= 0.6 is 0 Å². The highest BCUT2D eigenvalue weighted by atomic mass is 16.3. The third-order valence-corrected chi connectivity index (χ3v) is 5.70. The van der Waals surface area contributed by atoms with Crippen molar-refractivity contribution in [2.75, 3.05) is 13.2 Å². The SMILES string of the molecule is CC(C)Cn1cccc(C(=O)NCC2(CO)CC23CCC3)c1=O. The van der Waals surface area contributed by atoms with Gasteiger partial charge in [-0.2, -0.15) is 0 Å². The van der Waals surface area contributed by atoms with Crippen LogP contribution in [0.4, 0.5) is 0 Å². The van der Waals surface area contributed by atoms with Gasteiger partial charge < -0.3 is 15.0 Å². The van der Waals surface area contributed by atoms with Crippen molar-refractivity contribution in [1.29, 1.82) is 0 Å². The summed E-state index contributed by atoms with van der Waals surface area (Å²) in [6, 6.07) is 3.32. The van der Waals surface area contributed by atoms with Gasteiger partial charge in [0, 0.05) is 24.7 Å². The molecule has 2 N–H and O–H groups in total. The van der Waals surface area contributed by atoms with Crippen molar-refractivity contribution < 1.29 is 9.90 Å². The maximum Gasteiger partial charge on any atom is 0.263 e. The van der Waals surface area contributed by atoms with Crippen molar-refractivity contribution in [1.82, 2.24) is 9.88 Å². The monoisotopic (exact) mass is 318 g/mol. The van der Waals surface area contributed by atoms with E-state index < -0.39 is 0 Å². The number of carbonyl (C=O) groups excluding carboxylic acids is 1. The molecule has 0 bridgehead atoms. The van der Waals surface area contributed by atoms with E-state index in [1.807, 2.05) is 13.8 Å². The van der Waals surface area contributed by atoms with Crippen LogP contribution in [0.15, 0.2) is 23.1 Å². The van der Waals surface area contributed by atoms with Gasteiger partial charge in [-0.25, -0.2) is 0 Å². The van der Waals surface area contributed by atoms with Crippen molar-refractivity contribution in [3.8, 4) is 0 Å². The second-order valence-corrected chi connectivity index (χ2v) is 7.71. The summed E-state index contributed by atoms with van der Waals surface area (Å²) in [4.78, 5) is 24.8. The van der Waals surface area contributed by atoms with Crippen LogP contribution in [0.2, 0.25) is 0 Å². The molecule has 2 saturated carbocycles. The number of nitrogens with one attached hydrogen (secondary N) is 1. The van der Waals surface area contributed by atoms with Gasteiger partial charge in [-0.15, -0.1) is 0 Å². The molecule has 1 heterocycles. The Hall–Kier alpha value is -1.62. The highest BCUT2D eigenvalue weighted by molar-refractivity contribution is 5.93. The van der Waals surface area contributed by atoms with E-state index in [2.05, 4.69) is 5.32 Å². The zero-order valence-corrected chi connectivity index (χ0v) is 14.0. The summed E-state index contributed by atoms with van der Waals surface area (Å²) >= 11 is 0. The first-order chi connectivity index (χ1) is 10.9. The molecule has 2 aliphatic rings. The lowest BCUT2D eigenvalue weighted by Gasteiger charge is -2.32. The van der Waals surface area contributed by atoms with Crippen molar-refractivity contribution in [2.24, 2.45) is 16.7 Å². The molecule has 23 heavy (non-hydrogen) atoms. The van der Waals surface area contributed by atoms with Crippen LogP contribution in [0.25, 0.3) is 0 Å². The Bertz CT molecular complexity index is 660. The summed E-state index contributed by atoms with van der Waals surface area (Å²) in [5.74, 6) is 0.0101. The smallest absolute Gasteiger partial charge is 0.263 e. The van der Waals surface area contributed by atoms with Gasteiger partial charge in [0.15, 0.2) is 0 Å². The van der Waals surface area contributed by atoms with E-state index in [1.165, 1.54) is 6.42 Å². The molecule has 0 saturated heterocycles. The fourth-order valence-corrected chi connectivity index (χ4v) is 4.04. The van der Waals surface area contributed by atoms with Crippen LogP contribution in [0, 0.1) is 16.7 Å². The van der Waals surface area contributed by atoms with E-state index >= 15 is 0 Å². The Morgan fingerprint density at radius 1 is 1.43 bits per heavy atom. The number of hydrogen-bond acceptors (Lipinski definition) is 3. The predicted octanol–water partition coefficient (Wildman–Crippen LogP) is 1.79. The molecular weight excluding hydrogens is 292 g/mol. The molecule has 2 aliphatic carbocycles. The average molecular weight is 318 g/mol. The van der Waals surface area contributed by atoms with Crippen LogP contribution in [-0.2, 0) is 6.54 Å². The lowest BCUT2D eigenvalue weighted by atomic mass is 9.75. The van der Waals surface area contributed by atoms with Crippen LogP contribution in [0.1, 0.15) is 49.9 Å². The largest absolute Gasteiger partial charge is 0.396 e. The molecule has 1 aromatic rings. The number of aliphatic hydroxyl groups excluding tert-OH is 1. The quantitative estimate of drug-likeness (QED) is 0.840. The Kier molecular flexibility index (Phi) is 4.08. The molecule has 0 aliphatic heterocycles. The van der Waals surface area contributed by atoms with E-state index in [9.17, 15) is 14.7 Å².